The first-order chi connectivity index (χ1) is 12.9. The van der Waals surface area contributed by atoms with Crippen molar-refractivity contribution in [1.82, 2.24) is 9.55 Å². The number of hydrogen-bond donors (Lipinski definition) is 1. The average Bonchev–Trinajstić information content (AvgIpc) is 3.01. The van der Waals surface area contributed by atoms with Gasteiger partial charge < -0.3 is 14.4 Å². The quantitative estimate of drug-likeness (QED) is 0.546. The maximum atomic E-state index is 13.2. The highest BCUT2D eigenvalue weighted by Crippen LogP contribution is 2.40. The van der Waals surface area contributed by atoms with Crippen molar-refractivity contribution in [3.05, 3.63) is 62.4 Å². The van der Waals surface area contributed by atoms with Crippen molar-refractivity contribution in [2.45, 2.75) is 45.1 Å². The van der Waals surface area contributed by atoms with Gasteiger partial charge in [0.1, 0.15) is 5.60 Å². The lowest BCUT2D eigenvalue weighted by molar-refractivity contribution is -0.129. The second-order valence-electron chi connectivity index (χ2n) is 7.38. The van der Waals surface area contributed by atoms with Gasteiger partial charge in [0.05, 0.1) is 36.2 Å². The first kappa shape index (κ1) is 16.9. The van der Waals surface area contributed by atoms with Gasteiger partial charge in [-0.1, -0.05) is 18.5 Å². The molecule has 138 valence electrons. The third kappa shape index (κ3) is 2.25. The van der Waals surface area contributed by atoms with Gasteiger partial charge in [0.2, 0.25) is 0 Å². The molecule has 0 fully saturated rings. The fraction of sp³-hybridized carbons (Fsp3) is 0.333. The Balaban J connectivity index is 1.78. The molecule has 1 aromatic carbocycles. The van der Waals surface area contributed by atoms with Gasteiger partial charge in [-0.05, 0) is 49.2 Å². The van der Waals surface area contributed by atoms with E-state index in [4.69, 9.17) is 21.3 Å². The van der Waals surface area contributed by atoms with Gasteiger partial charge in [-0.2, -0.15) is 0 Å². The molecule has 2 unspecified atom stereocenters. The zero-order valence-corrected chi connectivity index (χ0v) is 15.9. The lowest BCUT2D eigenvalue weighted by atomic mass is 9.82. The summed E-state index contributed by atoms with van der Waals surface area (Å²) < 4.78 is 7.44. The van der Waals surface area contributed by atoms with Crippen LogP contribution in [0.15, 0.2) is 35.1 Å². The van der Waals surface area contributed by atoms with Crippen molar-refractivity contribution >= 4 is 22.5 Å². The van der Waals surface area contributed by atoms with Gasteiger partial charge in [0.25, 0.3) is 5.56 Å². The summed E-state index contributed by atoms with van der Waals surface area (Å²) in [6, 6.07) is 9.55. The number of nitrogens with zero attached hydrogens (tertiary/aromatic N) is 2. The summed E-state index contributed by atoms with van der Waals surface area (Å²) in [5.41, 5.74) is 3.30. The van der Waals surface area contributed by atoms with E-state index in [2.05, 4.69) is 0 Å². The summed E-state index contributed by atoms with van der Waals surface area (Å²) >= 11 is 6.11. The molecule has 5 rings (SSSR count). The Morgan fingerprint density at radius 2 is 2.19 bits per heavy atom. The zero-order valence-electron chi connectivity index (χ0n) is 15.1. The largest absolute Gasteiger partial charge is 0.382 e. The molecule has 0 radical (unpaired) electrons. The number of aromatic nitrogens is 2. The second-order valence-corrected chi connectivity index (χ2v) is 7.81. The fourth-order valence-corrected chi connectivity index (χ4v) is 4.50. The van der Waals surface area contributed by atoms with Crippen LogP contribution in [-0.4, -0.2) is 20.8 Å². The Morgan fingerprint density at radius 3 is 2.96 bits per heavy atom. The van der Waals surface area contributed by atoms with Crippen molar-refractivity contribution in [1.29, 1.82) is 0 Å². The predicted octanol–water partition coefficient (Wildman–Crippen LogP) is 3.59. The highest BCUT2D eigenvalue weighted by molar-refractivity contribution is 6.31. The first-order valence-corrected chi connectivity index (χ1v) is 9.51. The molecule has 2 aliphatic heterocycles. The van der Waals surface area contributed by atoms with Crippen LogP contribution in [0.5, 0.6) is 0 Å². The molecule has 4 heterocycles. The summed E-state index contributed by atoms with van der Waals surface area (Å²) in [4.78, 5) is 17.9. The van der Waals surface area contributed by atoms with Crippen LogP contribution in [0.25, 0.3) is 22.3 Å². The summed E-state index contributed by atoms with van der Waals surface area (Å²) in [7, 11) is 0. The van der Waals surface area contributed by atoms with Gasteiger partial charge >= 0.3 is 0 Å². The second kappa shape index (κ2) is 5.64. The third-order valence-corrected chi connectivity index (χ3v) is 6.22. The van der Waals surface area contributed by atoms with E-state index in [0.717, 1.165) is 27.9 Å². The van der Waals surface area contributed by atoms with Crippen LogP contribution in [0.2, 0.25) is 5.02 Å². The smallest absolute Gasteiger partial charge is 0.257 e. The molecule has 2 atom stereocenters. The third-order valence-electron chi connectivity index (χ3n) is 5.98. The number of rotatable bonds is 1. The van der Waals surface area contributed by atoms with Crippen LogP contribution >= 0.6 is 11.6 Å². The van der Waals surface area contributed by atoms with E-state index in [0.29, 0.717) is 29.1 Å². The highest BCUT2D eigenvalue weighted by Gasteiger charge is 2.42. The Bertz CT molecular complexity index is 1170. The monoisotopic (exact) mass is 382 g/mol. The molecule has 27 heavy (non-hydrogen) atoms. The van der Waals surface area contributed by atoms with Crippen LogP contribution in [0.1, 0.15) is 37.0 Å². The van der Waals surface area contributed by atoms with Gasteiger partial charge in [0.15, 0.2) is 0 Å². The lowest BCUT2D eigenvalue weighted by Crippen LogP contribution is -2.45. The van der Waals surface area contributed by atoms with E-state index < -0.39 is 5.60 Å². The van der Waals surface area contributed by atoms with Gasteiger partial charge in [-0.25, -0.2) is 4.98 Å². The van der Waals surface area contributed by atoms with Crippen molar-refractivity contribution < 1.29 is 9.84 Å². The van der Waals surface area contributed by atoms with Crippen molar-refractivity contribution in [2.75, 3.05) is 0 Å². The van der Waals surface area contributed by atoms with E-state index in [-0.39, 0.29) is 18.3 Å². The summed E-state index contributed by atoms with van der Waals surface area (Å²) in [5, 5.41) is 12.8. The Hall–Kier alpha value is -2.21. The van der Waals surface area contributed by atoms with Crippen LogP contribution in [0, 0.1) is 0 Å². The highest BCUT2D eigenvalue weighted by atomic mass is 35.5. The minimum Gasteiger partial charge on any atom is -0.382 e. The number of fused-ring (bicyclic) bond motifs is 5. The van der Waals surface area contributed by atoms with Crippen molar-refractivity contribution in [2.24, 2.45) is 0 Å². The zero-order chi connectivity index (χ0) is 18.9. The van der Waals surface area contributed by atoms with Gasteiger partial charge in [-0.3, -0.25) is 4.79 Å². The minimum atomic E-state index is -1.17. The minimum absolute atomic E-state index is 0.110. The Labute approximate surface area is 161 Å². The van der Waals surface area contributed by atoms with E-state index in [1.165, 1.54) is 0 Å². The van der Waals surface area contributed by atoms with Crippen molar-refractivity contribution in [3.8, 4) is 11.4 Å². The van der Waals surface area contributed by atoms with E-state index in [1.54, 1.807) is 4.57 Å². The summed E-state index contributed by atoms with van der Waals surface area (Å²) in [6.45, 7) is 4.44. The van der Waals surface area contributed by atoms with E-state index in [9.17, 15) is 9.90 Å². The van der Waals surface area contributed by atoms with E-state index in [1.807, 2.05) is 44.2 Å². The summed E-state index contributed by atoms with van der Waals surface area (Å²) in [6.07, 6.45) is 0.102. The average molecular weight is 383 g/mol. The standard InChI is InChI=1S/C21H19ClN2O3/c1-3-21(26)11(2)27-10-15-16(21)8-18-19-13(9-24(18)20(15)25)6-12-7-14(22)4-5-17(12)23-19/h4-8,11,26H,3,9-10H2,1-2H3. The van der Waals surface area contributed by atoms with Crippen LogP contribution in [0.3, 0.4) is 0 Å². The molecular formula is C21H19ClN2O3. The number of aliphatic hydroxyl groups is 1. The van der Waals surface area contributed by atoms with Gasteiger partial charge in [-0.15, -0.1) is 0 Å². The molecule has 0 saturated carbocycles. The maximum absolute atomic E-state index is 13.2. The molecule has 6 heteroatoms. The molecule has 0 spiro atoms. The molecule has 0 bridgehead atoms. The molecule has 5 nitrogen and oxygen atoms in total. The SMILES string of the molecule is CCC1(O)c2cc3n(c(=O)c2COC1C)Cc1cc2cc(Cl)ccc2nc1-3. The number of benzene rings is 1. The molecule has 2 aromatic heterocycles. The van der Waals surface area contributed by atoms with Crippen LogP contribution in [-0.2, 0) is 23.5 Å². The Morgan fingerprint density at radius 1 is 1.37 bits per heavy atom. The number of ether oxygens (including phenoxy) is 1. The molecule has 3 aromatic rings. The van der Waals surface area contributed by atoms with Gasteiger partial charge in [0, 0.05) is 21.5 Å². The van der Waals surface area contributed by atoms with Crippen molar-refractivity contribution in [3.63, 3.8) is 0 Å². The normalized spacial score (nSPS) is 23.2. The molecule has 0 saturated heterocycles. The first-order valence-electron chi connectivity index (χ1n) is 9.13. The molecular weight excluding hydrogens is 364 g/mol. The topological polar surface area (TPSA) is 64.4 Å². The molecule has 0 aliphatic carbocycles. The summed E-state index contributed by atoms with van der Waals surface area (Å²) in [5.74, 6) is 0. The number of hydrogen-bond acceptors (Lipinski definition) is 4. The lowest BCUT2D eigenvalue weighted by Gasteiger charge is -2.39. The molecule has 2 aliphatic rings. The van der Waals surface area contributed by atoms with Crippen LogP contribution in [0.4, 0.5) is 0 Å². The van der Waals surface area contributed by atoms with E-state index >= 15 is 0 Å². The fourth-order valence-electron chi connectivity index (χ4n) is 4.32. The predicted molar refractivity (Wildman–Crippen MR) is 104 cm³/mol. The maximum Gasteiger partial charge on any atom is 0.257 e. The number of pyridine rings is 2. The molecule has 0 amide bonds. The Kier molecular flexibility index (Phi) is 3.54. The molecule has 1 N–H and O–H groups in total. The number of halogens is 1. The van der Waals surface area contributed by atoms with Crippen LogP contribution < -0.4 is 5.56 Å².